The van der Waals surface area contributed by atoms with Crippen LogP contribution in [-0.2, 0) is 11.2 Å². The van der Waals surface area contributed by atoms with E-state index in [0.29, 0.717) is 11.8 Å². The Morgan fingerprint density at radius 3 is 2.63 bits per heavy atom. The number of rotatable bonds is 7. The number of benzene rings is 1. The Balaban J connectivity index is 1.52. The number of thioether (sulfide) groups is 1. The summed E-state index contributed by atoms with van der Waals surface area (Å²) >= 11 is 1.45. The van der Waals surface area contributed by atoms with Crippen molar-refractivity contribution >= 4 is 23.4 Å². The maximum absolute atomic E-state index is 12.8. The van der Waals surface area contributed by atoms with Gasteiger partial charge in [-0.25, -0.2) is 0 Å². The summed E-state index contributed by atoms with van der Waals surface area (Å²) in [6, 6.07) is 12.1. The predicted molar refractivity (Wildman–Crippen MR) is 120 cm³/mol. The third kappa shape index (κ3) is 4.61. The quantitative estimate of drug-likeness (QED) is 0.491. The van der Waals surface area contributed by atoms with Gasteiger partial charge in [0.2, 0.25) is 11.7 Å². The van der Waals surface area contributed by atoms with Crippen LogP contribution in [0.4, 0.5) is 5.69 Å². The molecule has 0 aliphatic heterocycles. The van der Waals surface area contributed by atoms with E-state index in [1.807, 2.05) is 43.3 Å². The predicted octanol–water partition coefficient (Wildman–Crippen LogP) is 5.73. The standard InChI is InChI=1S/C23H28N4O2S/c1-3-17-11-13-18(14-12-17)24-22(28)16(2)30-23-26-25-21(20-10-7-15-29-20)27(23)19-8-5-4-6-9-19/h7,10-16,19H,3-6,8-9H2,1-2H3,(H,24,28)/t16-/m1/s1. The second kappa shape index (κ2) is 9.51. The maximum Gasteiger partial charge on any atom is 0.237 e. The Labute approximate surface area is 181 Å². The molecule has 0 spiro atoms. The normalized spacial score (nSPS) is 15.8. The molecule has 1 N–H and O–H groups in total. The summed E-state index contributed by atoms with van der Waals surface area (Å²) in [5.41, 5.74) is 2.07. The van der Waals surface area contributed by atoms with Gasteiger partial charge in [-0.15, -0.1) is 10.2 Å². The van der Waals surface area contributed by atoms with Gasteiger partial charge in [0.15, 0.2) is 10.9 Å². The second-order valence-electron chi connectivity index (χ2n) is 7.75. The number of nitrogens with one attached hydrogen (secondary N) is 1. The molecule has 1 atom stereocenters. The van der Waals surface area contributed by atoms with Crippen LogP contribution in [-0.4, -0.2) is 25.9 Å². The molecule has 30 heavy (non-hydrogen) atoms. The highest BCUT2D eigenvalue weighted by molar-refractivity contribution is 8.00. The number of furan rings is 1. The van der Waals surface area contributed by atoms with E-state index in [1.54, 1.807) is 6.26 Å². The van der Waals surface area contributed by atoms with Gasteiger partial charge in [0.05, 0.1) is 11.5 Å². The lowest BCUT2D eigenvalue weighted by atomic mass is 9.95. The molecule has 0 radical (unpaired) electrons. The second-order valence-corrected chi connectivity index (χ2v) is 9.05. The van der Waals surface area contributed by atoms with Gasteiger partial charge in [-0.2, -0.15) is 0 Å². The van der Waals surface area contributed by atoms with Gasteiger partial charge in [-0.05, 0) is 56.0 Å². The highest BCUT2D eigenvalue weighted by Crippen LogP contribution is 2.36. The van der Waals surface area contributed by atoms with Crippen LogP contribution in [0.1, 0.15) is 57.6 Å². The summed E-state index contributed by atoms with van der Waals surface area (Å²) in [4.78, 5) is 12.8. The molecule has 2 heterocycles. The monoisotopic (exact) mass is 424 g/mol. The number of anilines is 1. The van der Waals surface area contributed by atoms with E-state index in [4.69, 9.17) is 4.42 Å². The first-order valence-corrected chi connectivity index (χ1v) is 11.6. The van der Waals surface area contributed by atoms with Crippen LogP contribution in [0.15, 0.2) is 52.2 Å². The smallest absolute Gasteiger partial charge is 0.237 e. The van der Waals surface area contributed by atoms with Crippen molar-refractivity contribution in [3.05, 3.63) is 48.2 Å². The van der Waals surface area contributed by atoms with Crippen molar-refractivity contribution in [1.29, 1.82) is 0 Å². The number of carbonyl (C=O) groups is 1. The molecule has 1 fully saturated rings. The molecule has 0 saturated heterocycles. The molecule has 4 rings (SSSR count). The van der Waals surface area contributed by atoms with E-state index in [9.17, 15) is 4.79 Å². The fourth-order valence-electron chi connectivity index (χ4n) is 3.88. The van der Waals surface area contributed by atoms with Crippen LogP contribution in [0.25, 0.3) is 11.6 Å². The first-order chi connectivity index (χ1) is 14.7. The van der Waals surface area contributed by atoms with Crippen LogP contribution >= 0.6 is 11.8 Å². The molecule has 1 aliphatic rings. The van der Waals surface area contributed by atoms with Gasteiger partial charge >= 0.3 is 0 Å². The van der Waals surface area contributed by atoms with Crippen molar-refractivity contribution in [3.8, 4) is 11.6 Å². The molecule has 0 bridgehead atoms. The van der Waals surface area contributed by atoms with Gasteiger partial charge in [0.25, 0.3) is 0 Å². The summed E-state index contributed by atoms with van der Waals surface area (Å²) < 4.78 is 7.79. The van der Waals surface area contributed by atoms with Crippen LogP contribution in [0, 0.1) is 0 Å². The number of amides is 1. The van der Waals surface area contributed by atoms with Crippen molar-refractivity contribution in [2.75, 3.05) is 5.32 Å². The van der Waals surface area contributed by atoms with E-state index < -0.39 is 0 Å². The van der Waals surface area contributed by atoms with Gasteiger partial charge in [0.1, 0.15) is 0 Å². The first-order valence-electron chi connectivity index (χ1n) is 10.7. The Kier molecular flexibility index (Phi) is 6.57. The van der Waals surface area contributed by atoms with Gasteiger partial charge in [-0.3, -0.25) is 9.36 Å². The van der Waals surface area contributed by atoms with Crippen molar-refractivity contribution in [3.63, 3.8) is 0 Å². The van der Waals surface area contributed by atoms with Crippen LogP contribution in [0.3, 0.4) is 0 Å². The Bertz CT molecular complexity index is 960. The molecule has 7 heteroatoms. The largest absolute Gasteiger partial charge is 0.461 e. The van der Waals surface area contributed by atoms with E-state index in [-0.39, 0.29) is 11.2 Å². The summed E-state index contributed by atoms with van der Waals surface area (Å²) in [5.74, 6) is 1.42. The molecule has 6 nitrogen and oxygen atoms in total. The SMILES string of the molecule is CCc1ccc(NC(=O)[C@@H](C)Sc2nnc(-c3ccco3)n2C2CCCCC2)cc1. The van der Waals surface area contributed by atoms with Crippen LogP contribution in [0.2, 0.25) is 0 Å². The average Bonchev–Trinajstić information content (AvgIpc) is 3.44. The summed E-state index contributed by atoms with van der Waals surface area (Å²) in [6.45, 7) is 4.03. The van der Waals surface area contributed by atoms with Crippen molar-refractivity contribution in [1.82, 2.24) is 14.8 Å². The molecule has 1 aromatic carbocycles. The number of carbonyl (C=O) groups excluding carboxylic acids is 1. The topological polar surface area (TPSA) is 73.0 Å². The molecular formula is C23H28N4O2S. The van der Waals surface area contributed by atoms with Crippen LogP contribution in [0.5, 0.6) is 0 Å². The third-order valence-electron chi connectivity index (χ3n) is 5.63. The lowest BCUT2D eigenvalue weighted by Crippen LogP contribution is -2.23. The number of hydrogen-bond donors (Lipinski definition) is 1. The molecule has 158 valence electrons. The molecular weight excluding hydrogens is 396 g/mol. The Morgan fingerprint density at radius 1 is 1.20 bits per heavy atom. The third-order valence-corrected chi connectivity index (χ3v) is 6.68. The highest BCUT2D eigenvalue weighted by Gasteiger charge is 2.27. The molecule has 0 unspecified atom stereocenters. The molecule has 1 saturated carbocycles. The zero-order valence-electron chi connectivity index (χ0n) is 17.5. The van der Waals surface area contributed by atoms with Crippen LogP contribution < -0.4 is 5.32 Å². The van der Waals surface area contributed by atoms with E-state index in [1.165, 1.54) is 36.6 Å². The fourth-order valence-corrected chi connectivity index (χ4v) is 4.80. The molecule has 2 aromatic heterocycles. The Hall–Kier alpha value is -2.54. The van der Waals surface area contributed by atoms with E-state index >= 15 is 0 Å². The summed E-state index contributed by atoms with van der Waals surface area (Å²) in [5, 5.41) is 12.3. The van der Waals surface area contributed by atoms with Crippen molar-refractivity contribution in [2.24, 2.45) is 0 Å². The number of nitrogens with zero attached hydrogens (tertiary/aromatic N) is 3. The fraction of sp³-hybridized carbons (Fsp3) is 0.435. The minimum absolute atomic E-state index is 0.0398. The van der Waals surface area contributed by atoms with Crippen molar-refractivity contribution < 1.29 is 9.21 Å². The minimum Gasteiger partial charge on any atom is -0.461 e. The number of hydrogen-bond acceptors (Lipinski definition) is 5. The lowest BCUT2D eigenvalue weighted by molar-refractivity contribution is -0.115. The first kappa shape index (κ1) is 20.7. The maximum atomic E-state index is 12.8. The van der Waals surface area contributed by atoms with Gasteiger partial charge in [0, 0.05) is 11.7 Å². The lowest BCUT2D eigenvalue weighted by Gasteiger charge is -2.25. The van der Waals surface area contributed by atoms with Gasteiger partial charge < -0.3 is 9.73 Å². The molecule has 1 amide bonds. The summed E-state index contributed by atoms with van der Waals surface area (Å²) in [7, 11) is 0. The minimum atomic E-state index is -0.299. The van der Waals surface area contributed by atoms with E-state index in [2.05, 4.69) is 27.0 Å². The Morgan fingerprint density at radius 2 is 1.97 bits per heavy atom. The number of aromatic nitrogens is 3. The van der Waals surface area contributed by atoms with E-state index in [0.717, 1.165) is 35.9 Å². The zero-order valence-corrected chi connectivity index (χ0v) is 18.3. The van der Waals surface area contributed by atoms with Crippen molar-refractivity contribution in [2.45, 2.75) is 68.8 Å². The average molecular weight is 425 g/mol. The molecule has 1 aliphatic carbocycles. The number of aryl methyl sites for hydroxylation is 1. The van der Waals surface area contributed by atoms with Gasteiger partial charge in [-0.1, -0.05) is 50.1 Å². The zero-order chi connectivity index (χ0) is 20.9. The molecule has 3 aromatic rings. The highest BCUT2D eigenvalue weighted by atomic mass is 32.2. The summed E-state index contributed by atoms with van der Waals surface area (Å²) in [6.07, 6.45) is 8.51.